The van der Waals surface area contributed by atoms with Crippen LogP contribution in [0, 0.1) is 0 Å². The number of allylic oxidation sites excluding steroid dienone is 4. The van der Waals surface area contributed by atoms with Gasteiger partial charge in [-0.25, -0.2) is 0 Å². The Labute approximate surface area is 68.5 Å². The highest BCUT2D eigenvalue weighted by Gasteiger charge is 1.90. The quantitative estimate of drug-likeness (QED) is 0.602. The van der Waals surface area contributed by atoms with E-state index in [1.165, 1.54) is 0 Å². The second-order valence-corrected chi connectivity index (χ2v) is 2.12. The van der Waals surface area contributed by atoms with Gasteiger partial charge in [0.15, 0.2) is 0 Å². The van der Waals surface area contributed by atoms with E-state index in [2.05, 4.69) is 5.32 Å². The van der Waals surface area contributed by atoms with E-state index in [4.69, 9.17) is 5.73 Å². The molecule has 0 aromatic rings. The van der Waals surface area contributed by atoms with Crippen LogP contribution in [0.25, 0.3) is 0 Å². The predicted molar refractivity (Wildman–Crippen MR) is 49.9 cm³/mol. The summed E-state index contributed by atoms with van der Waals surface area (Å²) in [7, 11) is 1.85. The highest BCUT2D eigenvalue weighted by molar-refractivity contribution is 5.28. The fourth-order valence-electron chi connectivity index (χ4n) is 0.760. The van der Waals surface area contributed by atoms with E-state index < -0.39 is 0 Å². The first kappa shape index (κ1) is 9.82. The molecule has 0 aliphatic carbocycles. The highest BCUT2D eigenvalue weighted by atomic mass is 14.8. The van der Waals surface area contributed by atoms with E-state index in [1.807, 2.05) is 45.2 Å². The van der Waals surface area contributed by atoms with Gasteiger partial charge in [0.25, 0.3) is 0 Å². The van der Waals surface area contributed by atoms with Gasteiger partial charge < -0.3 is 11.1 Å². The molecule has 0 heterocycles. The minimum atomic E-state index is 0.758. The van der Waals surface area contributed by atoms with Gasteiger partial charge in [-0.15, -0.1) is 0 Å². The summed E-state index contributed by atoms with van der Waals surface area (Å²) in [5, 5.41) is 3.00. The molecule has 3 N–H and O–H groups in total. The third-order valence-corrected chi connectivity index (χ3v) is 1.26. The van der Waals surface area contributed by atoms with Crippen LogP contribution in [0.4, 0.5) is 0 Å². The first-order chi connectivity index (χ1) is 5.26. The Morgan fingerprint density at radius 1 is 1.18 bits per heavy atom. The molecule has 0 amide bonds. The molecule has 0 aliphatic rings. The van der Waals surface area contributed by atoms with Crippen LogP contribution in [0.5, 0.6) is 0 Å². The fourth-order valence-corrected chi connectivity index (χ4v) is 0.760. The Kier molecular flexibility index (Phi) is 4.99. The molecule has 0 rings (SSSR count). The van der Waals surface area contributed by atoms with Crippen LogP contribution in [-0.4, -0.2) is 7.05 Å². The van der Waals surface area contributed by atoms with Gasteiger partial charge in [-0.2, -0.15) is 0 Å². The molecule has 0 aliphatic heterocycles. The number of nitrogens with one attached hydrogen (secondary N) is 1. The van der Waals surface area contributed by atoms with Crippen molar-refractivity contribution in [3.05, 3.63) is 35.7 Å². The van der Waals surface area contributed by atoms with Crippen molar-refractivity contribution in [3.63, 3.8) is 0 Å². The average Bonchev–Trinajstić information content (AvgIpc) is 2.00. The molecular formula is C9H16N2. The Morgan fingerprint density at radius 3 is 2.09 bits per heavy atom. The number of hydrogen-bond acceptors (Lipinski definition) is 2. The van der Waals surface area contributed by atoms with Crippen LogP contribution in [0.1, 0.15) is 13.8 Å². The molecule has 11 heavy (non-hydrogen) atoms. The maximum atomic E-state index is 5.70. The standard InChI is InChI=1S/C9H16N2/c1-4-6-8(10)9(11-3)7-5-2/h4-7,11H,10H2,1-3H3/b6-4-,7-5-,9-8-. The van der Waals surface area contributed by atoms with Gasteiger partial charge >= 0.3 is 0 Å². The van der Waals surface area contributed by atoms with Gasteiger partial charge in [0.1, 0.15) is 0 Å². The summed E-state index contributed by atoms with van der Waals surface area (Å²) in [5.74, 6) is 0. The monoisotopic (exact) mass is 152 g/mol. The van der Waals surface area contributed by atoms with E-state index >= 15 is 0 Å². The topological polar surface area (TPSA) is 38.0 Å². The van der Waals surface area contributed by atoms with Crippen LogP contribution in [0.2, 0.25) is 0 Å². The molecule has 0 aromatic heterocycles. The van der Waals surface area contributed by atoms with Crippen LogP contribution >= 0.6 is 0 Å². The maximum absolute atomic E-state index is 5.70. The Balaban J connectivity index is 4.52. The molecule has 0 aromatic carbocycles. The van der Waals surface area contributed by atoms with Crippen molar-refractivity contribution in [1.82, 2.24) is 5.32 Å². The third kappa shape index (κ3) is 3.50. The number of nitrogens with two attached hydrogens (primary N) is 1. The molecule has 0 radical (unpaired) electrons. The Hall–Kier alpha value is -1.18. The number of hydrogen-bond donors (Lipinski definition) is 2. The van der Waals surface area contributed by atoms with Crippen molar-refractivity contribution in [2.75, 3.05) is 7.05 Å². The summed E-state index contributed by atoms with van der Waals surface area (Å²) in [6.45, 7) is 3.90. The Morgan fingerprint density at radius 2 is 1.73 bits per heavy atom. The lowest BCUT2D eigenvalue weighted by molar-refractivity contribution is 1.00. The zero-order valence-electron chi connectivity index (χ0n) is 7.39. The largest absolute Gasteiger partial charge is 0.397 e. The van der Waals surface area contributed by atoms with Crippen molar-refractivity contribution in [3.8, 4) is 0 Å². The van der Waals surface area contributed by atoms with Crippen molar-refractivity contribution in [1.29, 1.82) is 0 Å². The van der Waals surface area contributed by atoms with E-state index in [1.54, 1.807) is 0 Å². The minimum absolute atomic E-state index is 0.758. The van der Waals surface area contributed by atoms with E-state index in [0.29, 0.717) is 0 Å². The van der Waals surface area contributed by atoms with Crippen molar-refractivity contribution in [2.45, 2.75) is 13.8 Å². The van der Waals surface area contributed by atoms with Gasteiger partial charge in [0, 0.05) is 7.05 Å². The van der Waals surface area contributed by atoms with E-state index in [-0.39, 0.29) is 0 Å². The van der Waals surface area contributed by atoms with Gasteiger partial charge in [0.2, 0.25) is 0 Å². The molecule has 2 nitrogen and oxygen atoms in total. The normalized spacial score (nSPS) is 14.1. The molecule has 0 atom stereocenters. The summed E-state index contributed by atoms with van der Waals surface area (Å²) in [6, 6.07) is 0. The minimum Gasteiger partial charge on any atom is -0.397 e. The van der Waals surface area contributed by atoms with Crippen LogP contribution < -0.4 is 11.1 Å². The van der Waals surface area contributed by atoms with Crippen molar-refractivity contribution in [2.24, 2.45) is 5.73 Å². The first-order valence-corrected chi connectivity index (χ1v) is 3.69. The smallest absolute Gasteiger partial charge is 0.0567 e. The van der Waals surface area contributed by atoms with E-state index in [0.717, 1.165) is 11.4 Å². The van der Waals surface area contributed by atoms with Gasteiger partial charge in [-0.3, -0.25) is 0 Å². The number of likely N-dealkylation sites (N-methyl/N-ethyl adjacent to an activating group) is 1. The fraction of sp³-hybridized carbons (Fsp3) is 0.333. The SMILES string of the molecule is C\C=C/C(N)=C(\C=C/C)NC. The molecule has 0 fully saturated rings. The zero-order valence-corrected chi connectivity index (χ0v) is 7.39. The average molecular weight is 152 g/mol. The van der Waals surface area contributed by atoms with Crippen molar-refractivity contribution < 1.29 is 0 Å². The predicted octanol–water partition coefficient (Wildman–Crippen LogP) is 1.53. The lowest BCUT2D eigenvalue weighted by atomic mass is 10.3. The summed E-state index contributed by atoms with van der Waals surface area (Å²) < 4.78 is 0. The van der Waals surface area contributed by atoms with Crippen LogP contribution in [0.3, 0.4) is 0 Å². The van der Waals surface area contributed by atoms with Gasteiger partial charge in [-0.1, -0.05) is 12.2 Å². The van der Waals surface area contributed by atoms with Gasteiger partial charge in [-0.05, 0) is 26.0 Å². The summed E-state index contributed by atoms with van der Waals surface area (Å²) in [4.78, 5) is 0. The second kappa shape index (κ2) is 5.59. The third-order valence-electron chi connectivity index (χ3n) is 1.26. The lowest BCUT2D eigenvalue weighted by Crippen LogP contribution is -2.10. The highest BCUT2D eigenvalue weighted by Crippen LogP contribution is 1.97. The molecule has 0 spiro atoms. The zero-order chi connectivity index (χ0) is 8.69. The van der Waals surface area contributed by atoms with Crippen LogP contribution in [-0.2, 0) is 0 Å². The molecule has 0 saturated heterocycles. The van der Waals surface area contributed by atoms with Crippen molar-refractivity contribution >= 4 is 0 Å². The van der Waals surface area contributed by atoms with Gasteiger partial charge in [0.05, 0.1) is 11.4 Å². The number of rotatable bonds is 3. The molecule has 0 unspecified atom stereocenters. The lowest BCUT2D eigenvalue weighted by Gasteiger charge is -2.02. The Bertz CT molecular complexity index is 188. The molecular weight excluding hydrogens is 136 g/mol. The summed E-state index contributed by atoms with van der Waals surface area (Å²) in [5.41, 5.74) is 7.41. The van der Waals surface area contributed by atoms with Crippen LogP contribution in [0.15, 0.2) is 35.7 Å². The molecule has 0 saturated carbocycles. The summed E-state index contributed by atoms with van der Waals surface area (Å²) >= 11 is 0. The first-order valence-electron chi connectivity index (χ1n) is 3.69. The summed E-state index contributed by atoms with van der Waals surface area (Å²) in [6.07, 6.45) is 7.67. The molecule has 0 bridgehead atoms. The second-order valence-electron chi connectivity index (χ2n) is 2.12. The molecule has 2 heteroatoms. The van der Waals surface area contributed by atoms with E-state index in [9.17, 15) is 0 Å². The molecule has 62 valence electrons. The maximum Gasteiger partial charge on any atom is 0.0567 e.